The van der Waals surface area contributed by atoms with E-state index in [1.54, 1.807) is 19.1 Å². The first-order valence-electron chi connectivity index (χ1n) is 5.62. The van der Waals surface area contributed by atoms with Gasteiger partial charge in [-0.2, -0.15) is 0 Å². The van der Waals surface area contributed by atoms with E-state index in [1.807, 2.05) is 6.92 Å². The van der Waals surface area contributed by atoms with E-state index in [9.17, 15) is 14.3 Å². The van der Waals surface area contributed by atoms with Crippen molar-refractivity contribution in [1.29, 1.82) is 0 Å². The monoisotopic (exact) mass is 239 g/mol. The maximum Gasteiger partial charge on any atom is 0.224 e. The van der Waals surface area contributed by atoms with Crippen LogP contribution < -0.4 is 5.73 Å². The number of amides is 1. The normalized spacial score (nSPS) is 16.2. The molecule has 1 unspecified atom stereocenters. The zero-order valence-corrected chi connectivity index (χ0v) is 10.1. The number of halogens is 1. The van der Waals surface area contributed by atoms with Crippen LogP contribution in [0, 0.1) is 11.2 Å². The van der Waals surface area contributed by atoms with Gasteiger partial charge in [-0.1, -0.05) is 26.0 Å². The molecule has 0 aromatic heterocycles. The van der Waals surface area contributed by atoms with Crippen LogP contribution in [0.4, 0.5) is 4.39 Å². The van der Waals surface area contributed by atoms with Crippen molar-refractivity contribution in [2.45, 2.75) is 26.2 Å². The summed E-state index contributed by atoms with van der Waals surface area (Å²) in [6.45, 7) is 3.37. The standard InChI is InChI=1S/C13H18FNO2/c1-3-13(2,12(15)17)11(8-16)9-4-6-10(14)7-5-9/h4-7,11,16H,3,8H2,1-2H3,(H2,15,17)/t11-,13?/m1/s1. The second-order valence-electron chi connectivity index (χ2n) is 4.42. The van der Waals surface area contributed by atoms with Crippen LogP contribution in [0.25, 0.3) is 0 Å². The van der Waals surface area contributed by atoms with E-state index >= 15 is 0 Å². The Balaban J connectivity index is 3.14. The Morgan fingerprint density at radius 1 is 1.47 bits per heavy atom. The molecule has 0 aliphatic rings. The predicted molar refractivity (Wildman–Crippen MR) is 63.8 cm³/mol. The number of carbonyl (C=O) groups excluding carboxylic acids is 1. The van der Waals surface area contributed by atoms with Gasteiger partial charge in [0.15, 0.2) is 0 Å². The molecule has 0 saturated carbocycles. The van der Waals surface area contributed by atoms with Crippen molar-refractivity contribution in [3.05, 3.63) is 35.6 Å². The van der Waals surface area contributed by atoms with E-state index in [-0.39, 0.29) is 12.4 Å². The number of hydrogen-bond acceptors (Lipinski definition) is 2. The summed E-state index contributed by atoms with van der Waals surface area (Å²) in [5, 5.41) is 9.46. The van der Waals surface area contributed by atoms with Crippen LogP contribution in [0.15, 0.2) is 24.3 Å². The van der Waals surface area contributed by atoms with Gasteiger partial charge in [-0.05, 0) is 24.1 Å². The van der Waals surface area contributed by atoms with Crippen LogP contribution in [0.1, 0.15) is 31.7 Å². The Morgan fingerprint density at radius 3 is 2.35 bits per heavy atom. The highest BCUT2D eigenvalue weighted by Crippen LogP contribution is 2.38. The van der Waals surface area contributed by atoms with Gasteiger partial charge in [0.25, 0.3) is 0 Å². The maximum atomic E-state index is 12.8. The fourth-order valence-electron chi connectivity index (χ4n) is 1.96. The number of aliphatic hydroxyl groups is 1. The quantitative estimate of drug-likeness (QED) is 0.823. The lowest BCUT2D eigenvalue weighted by Gasteiger charge is -2.33. The summed E-state index contributed by atoms with van der Waals surface area (Å²) in [4.78, 5) is 11.5. The number of benzene rings is 1. The van der Waals surface area contributed by atoms with Gasteiger partial charge in [-0.25, -0.2) is 4.39 Å². The summed E-state index contributed by atoms with van der Waals surface area (Å²) < 4.78 is 12.8. The number of hydrogen-bond donors (Lipinski definition) is 2. The smallest absolute Gasteiger partial charge is 0.224 e. The summed E-state index contributed by atoms with van der Waals surface area (Å²) in [5.74, 6) is -1.21. The highest BCUT2D eigenvalue weighted by Gasteiger charge is 2.38. The second-order valence-corrected chi connectivity index (χ2v) is 4.42. The predicted octanol–water partition coefficient (Wildman–Crippen LogP) is 1.80. The van der Waals surface area contributed by atoms with Crippen molar-refractivity contribution < 1.29 is 14.3 Å². The van der Waals surface area contributed by atoms with Gasteiger partial charge in [0.1, 0.15) is 5.82 Å². The fourth-order valence-corrected chi connectivity index (χ4v) is 1.96. The van der Waals surface area contributed by atoms with Crippen LogP contribution >= 0.6 is 0 Å². The van der Waals surface area contributed by atoms with Crippen LogP contribution in [-0.4, -0.2) is 17.6 Å². The van der Waals surface area contributed by atoms with Crippen molar-refractivity contribution in [3.8, 4) is 0 Å². The summed E-state index contributed by atoms with van der Waals surface area (Å²) in [6.07, 6.45) is 0.519. The number of rotatable bonds is 5. The zero-order chi connectivity index (χ0) is 13.1. The Labute approximate surface area is 100 Å². The Kier molecular flexibility index (Phi) is 4.23. The highest BCUT2D eigenvalue weighted by molar-refractivity contribution is 5.81. The van der Waals surface area contributed by atoms with Crippen molar-refractivity contribution in [1.82, 2.24) is 0 Å². The third kappa shape index (κ3) is 2.64. The Bertz CT molecular complexity index is 391. The molecule has 1 aromatic rings. The van der Waals surface area contributed by atoms with E-state index in [4.69, 9.17) is 5.73 Å². The van der Waals surface area contributed by atoms with Crippen molar-refractivity contribution in [3.63, 3.8) is 0 Å². The highest BCUT2D eigenvalue weighted by atomic mass is 19.1. The van der Waals surface area contributed by atoms with Crippen LogP contribution in [0.2, 0.25) is 0 Å². The molecule has 0 aliphatic heterocycles. The molecule has 0 saturated heterocycles. The average molecular weight is 239 g/mol. The lowest BCUT2D eigenvalue weighted by Crippen LogP contribution is -2.40. The Hall–Kier alpha value is -1.42. The number of carbonyl (C=O) groups is 1. The van der Waals surface area contributed by atoms with Gasteiger partial charge in [0.2, 0.25) is 5.91 Å². The van der Waals surface area contributed by atoms with Gasteiger partial charge in [-0.15, -0.1) is 0 Å². The van der Waals surface area contributed by atoms with Gasteiger partial charge >= 0.3 is 0 Å². The topological polar surface area (TPSA) is 63.3 Å². The van der Waals surface area contributed by atoms with Gasteiger partial charge in [0, 0.05) is 5.92 Å². The van der Waals surface area contributed by atoms with Crippen LogP contribution in [-0.2, 0) is 4.79 Å². The van der Waals surface area contributed by atoms with Crippen LogP contribution in [0.3, 0.4) is 0 Å². The molecule has 17 heavy (non-hydrogen) atoms. The third-order valence-corrected chi connectivity index (χ3v) is 3.52. The van der Waals surface area contributed by atoms with Crippen molar-refractivity contribution >= 4 is 5.91 Å². The second kappa shape index (κ2) is 5.27. The molecular weight excluding hydrogens is 221 g/mol. The molecule has 0 bridgehead atoms. The molecule has 2 atom stereocenters. The molecule has 1 rings (SSSR count). The summed E-state index contributed by atoms with van der Waals surface area (Å²) in [7, 11) is 0. The molecule has 94 valence electrons. The molecule has 1 amide bonds. The van der Waals surface area contributed by atoms with Gasteiger partial charge in [-0.3, -0.25) is 4.79 Å². The number of primary amides is 1. The maximum absolute atomic E-state index is 12.8. The first kappa shape index (κ1) is 13.6. The molecule has 1 aromatic carbocycles. The van der Waals surface area contributed by atoms with Gasteiger partial charge < -0.3 is 10.8 Å². The molecule has 0 spiro atoms. The summed E-state index contributed by atoms with van der Waals surface area (Å²) >= 11 is 0. The zero-order valence-electron chi connectivity index (χ0n) is 10.1. The van der Waals surface area contributed by atoms with Crippen molar-refractivity contribution in [2.75, 3.05) is 6.61 Å². The van der Waals surface area contributed by atoms with Crippen molar-refractivity contribution in [2.24, 2.45) is 11.1 Å². The molecule has 0 radical (unpaired) electrons. The molecular formula is C13H18FNO2. The molecule has 3 N–H and O–H groups in total. The first-order chi connectivity index (χ1) is 7.95. The average Bonchev–Trinajstić information content (AvgIpc) is 2.31. The lowest BCUT2D eigenvalue weighted by atomic mass is 9.71. The summed E-state index contributed by atoms with van der Waals surface area (Å²) in [5.41, 5.74) is 5.29. The first-order valence-corrected chi connectivity index (χ1v) is 5.62. The van der Waals surface area contributed by atoms with Gasteiger partial charge in [0.05, 0.1) is 12.0 Å². The molecule has 3 nitrogen and oxygen atoms in total. The van der Waals surface area contributed by atoms with E-state index in [0.717, 1.165) is 5.56 Å². The third-order valence-electron chi connectivity index (χ3n) is 3.52. The minimum atomic E-state index is -0.827. The minimum Gasteiger partial charge on any atom is -0.396 e. The lowest BCUT2D eigenvalue weighted by molar-refractivity contribution is -0.129. The van der Waals surface area contributed by atoms with E-state index in [2.05, 4.69) is 0 Å². The Morgan fingerprint density at radius 2 is 2.00 bits per heavy atom. The molecule has 0 aliphatic carbocycles. The van der Waals surface area contributed by atoms with E-state index < -0.39 is 17.2 Å². The van der Waals surface area contributed by atoms with Crippen LogP contribution in [0.5, 0.6) is 0 Å². The minimum absolute atomic E-state index is 0.196. The molecule has 0 heterocycles. The number of aliphatic hydroxyl groups excluding tert-OH is 1. The van der Waals surface area contributed by atoms with E-state index in [1.165, 1.54) is 12.1 Å². The molecule has 4 heteroatoms. The molecule has 0 fully saturated rings. The number of nitrogens with two attached hydrogens (primary N) is 1. The van der Waals surface area contributed by atoms with E-state index in [0.29, 0.717) is 6.42 Å². The SMILES string of the molecule is CCC(C)(C(N)=O)[C@H](CO)c1ccc(F)cc1. The largest absolute Gasteiger partial charge is 0.396 e. The fraction of sp³-hybridized carbons (Fsp3) is 0.462. The summed E-state index contributed by atoms with van der Waals surface area (Å²) in [6, 6.07) is 5.78.